The Labute approximate surface area is 73.3 Å². The van der Waals surface area contributed by atoms with Crippen molar-refractivity contribution in [3.8, 4) is 6.07 Å². The van der Waals surface area contributed by atoms with E-state index < -0.39 is 0 Å². The Morgan fingerprint density at radius 2 is 2.25 bits per heavy atom. The predicted molar refractivity (Wildman–Crippen MR) is 45.2 cm³/mol. The molecule has 0 spiro atoms. The molecule has 0 bridgehead atoms. The van der Waals surface area contributed by atoms with Crippen LogP contribution in [0.4, 0.5) is 0 Å². The summed E-state index contributed by atoms with van der Waals surface area (Å²) < 4.78 is 4.60. The average molecular weight is 169 g/mol. The van der Waals surface area contributed by atoms with Crippen molar-refractivity contribution in [3.63, 3.8) is 0 Å². The summed E-state index contributed by atoms with van der Waals surface area (Å²) >= 11 is 0. The summed E-state index contributed by atoms with van der Waals surface area (Å²) in [5.41, 5.74) is 0. The van der Waals surface area contributed by atoms with Crippen LogP contribution < -0.4 is 0 Å². The molecule has 0 saturated heterocycles. The van der Waals surface area contributed by atoms with Crippen molar-refractivity contribution in [2.24, 2.45) is 11.8 Å². The molecule has 0 heterocycles. The lowest BCUT2D eigenvalue weighted by Gasteiger charge is -2.16. The fourth-order valence-corrected chi connectivity index (χ4v) is 1.05. The second-order valence-electron chi connectivity index (χ2n) is 2.88. The minimum Gasteiger partial charge on any atom is -0.469 e. The summed E-state index contributed by atoms with van der Waals surface area (Å²) in [6.45, 7) is 3.96. The molecule has 68 valence electrons. The molecular weight excluding hydrogens is 154 g/mol. The van der Waals surface area contributed by atoms with Gasteiger partial charge in [-0.1, -0.05) is 20.3 Å². The zero-order chi connectivity index (χ0) is 9.56. The zero-order valence-electron chi connectivity index (χ0n) is 7.83. The highest BCUT2D eigenvalue weighted by atomic mass is 16.5. The fraction of sp³-hybridized carbons (Fsp3) is 0.778. The van der Waals surface area contributed by atoms with Crippen LogP contribution in [0.25, 0.3) is 0 Å². The molecule has 0 N–H and O–H groups in total. The minimum atomic E-state index is -0.272. The van der Waals surface area contributed by atoms with Crippen LogP contribution in [0.5, 0.6) is 0 Å². The van der Waals surface area contributed by atoms with Crippen molar-refractivity contribution < 1.29 is 9.53 Å². The van der Waals surface area contributed by atoms with Crippen LogP contribution in [0.15, 0.2) is 0 Å². The Kier molecular flexibility index (Phi) is 5.11. The van der Waals surface area contributed by atoms with Crippen molar-refractivity contribution in [2.45, 2.75) is 26.7 Å². The largest absolute Gasteiger partial charge is 0.469 e. The van der Waals surface area contributed by atoms with E-state index in [1.807, 2.05) is 19.9 Å². The second kappa shape index (κ2) is 5.59. The maximum absolute atomic E-state index is 11.1. The SMILES string of the molecule is CCC(C)C(CC#N)C(=O)OC. The number of ether oxygens (including phenoxy) is 1. The summed E-state index contributed by atoms with van der Waals surface area (Å²) in [4.78, 5) is 11.1. The van der Waals surface area contributed by atoms with E-state index in [1.54, 1.807) is 0 Å². The third-order valence-corrected chi connectivity index (χ3v) is 2.15. The molecule has 0 radical (unpaired) electrons. The van der Waals surface area contributed by atoms with Gasteiger partial charge in [0.15, 0.2) is 0 Å². The number of carbonyl (C=O) groups is 1. The van der Waals surface area contributed by atoms with Crippen molar-refractivity contribution in [1.29, 1.82) is 5.26 Å². The summed E-state index contributed by atoms with van der Waals surface area (Å²) in [5, 5.41) is 8.47. The molecule has 0 aliphatic carbocycles. The Hall–Kier alpha value is -1.04. The lowest BCUT2D eigenvalue weighted by atomic mass is 9.89. The van der Waals surface area contributed by atoms with E-state index in [9.17, 15) is 4.79 Å². The predicted octanol–water partition coefficient (Wildman–Crippen LogP) is 1.74. The van der Waals surface area contributed by atoms with E-state index in [-0.39, 0.29) is 24.2 Å². The number of hydrogen-bond acceptors (Lipinski definition) is 3. The molecule has 0 aromatic heterocycles. The summed E-state index contributed by atoms with van der Waals surface area (Å²) in [6.07, 6.45) is 1.14. The van der Waals surface area contributed by atoms with Gasteiger partial charge >= 0.3 is 5.97 Å². The van der Waals surface area contributed by atoms with Gasteiger partial charge in [-0.05, 0) is 5.92 Å². The van der Waals surface area contributed by atoms with Crippen LogP contribution in [0.3, 0.4) is 0 Å². The summed E-state index contributed by atoms with van der Waals surface area (Å²) in [7, 11) is 1.36. The number of esters is 1. The highest BCUT2D eigenvalue weighted by Gasteiger charge is 2.24. The zero-order valence-corrected chi connectivity index (χ0v) is 7.83. The first-order valence-corrected chi connectivity index (χ1v) is 4.12. The number of hydrogen-bond donors (Lipinski definition) is 0. The van der Waals surface area contributed by atoms with Gasteiger partial charge < -0.3 is 4.74 Å². The van der Waals surface area contributed by atoms with Crippen LogP contribution in [0, 0.1) is 23.2 Å². The maximum atomic E-state index is 11.1. The van der Waals surface area contributed by atoms with Crippen LogP contribution >= 0.6 is 0 Å². The van der Waals surface area contributed by atoms with Gasteiger partial charge in [0, 0.05) is 6.42 Å². The Bertz CT molecular complexity index is 183. The molecule has 0 aliphatic rings. The van der Waals surface area contributed by atoms with E-state index in [0.717, 1.165) is 6.42 Å². The molecule has 2 unspecified atom stereocenters. The summed E-state index contributed by atoms with van der Waals surface area (Å²) in [6, 6.07) is 2.00. The molecule has 12 heavy (non-hydrogen) atoms. The minimum absolute atomic E-state index is 0.220. The Morgan fingerprint density at radius 3 is 2.58 bits per heavy atom. The topological polar surface area (TPSA) is 50.1 Å². The molecule has 2 atom stereocenters. The first kappa shape index (κ1) is 11.0. The molecule has 0 rings (SSSR count). The van der Waals surface area contributed by atoms with Gasteiger partial charge in [0.05, 0.1) is 19.1 Å². The number of nitrogens with zero attached hydrogens (tertiary/aromatic N) is 1. The third-order valence-electron chi connectivity index (χ3n) is 2.15. The first-order valence-electron chi connectivity index (χ1n) is 4.12. The highest BCUT2D eigenvalue weighted by molar-refractivity contribution is 5.72. The Balaban J connectivity index is 4.23. The van der Waals surface area contributed by atoms with Gasteiger partial charge in [-0.15, -0.1) is 0 Å². The van der Waals surface area contributed by atoms with Gasteiger partial charge in [-0.3, -0.25) is 4.79 Å². The van der Waals surface area contributed by atoms with Crippen LogP contribution in [0.1, 0.15) is 26.7 Å². The lowest BCUT2D eigenvalue weighted by molar-refractivity contribution is -0.147. The second-order valence-corrected chi connectivity index (χ2v) is 2.88. The van der Waals surface area contributed by atoms with Crippen LogP contribution in [-0.2, 0) is 9.53 Å². The third kappa shape index (κ3) is 2.91. The maximum Gasteiger partial charge on any atom is 0.309 e. The van der Waals surface area contributed by atoms with Gasteiger partial charge in [0.1, 0.15) is 0 Å². The van der Waals surface area contributed by atoms with Crippen molar-refractivity contribution in [3.05, 3.63) is 0 Å². The Morgan fingerprint density at radius 1 is 1.67 bits per heavy atom. The van der Waals surface area contributed by atoms with E-state index in [1.165, 1.54) is 7.11 Å². The van der Waals surface area contributed by atoms with E-state index in [4.69, 9.17) is 5.26 Å². The van der Waals surface area contributed by atoms with Gasteiger partial charge in [0.25, 0.3) is 0 Å². The highest BCUT2D eigenvalue weighted by Crippen LogP contribution is 2.19. The number of methoxy groups -OCH3 is 1. The molecule has 0 aliphatic heterocycles. The molecule has 0 amide bonds. The molecule has 0 fully saturated rings. The van der Waals surface area contributed by atoms with Crippen molar-refractivity contribution in [2.75, 3.05) is 7.11 Å². The monoisotopic (exact) mass is 169 g/mol. The molecule has 3 heteroatoms. The summed E-state index contributed by atoms with van der Waals surface area (Å²) in [5.74, 6) is -0.312. The van der Waals surface area contributed by atoms with Crippen molar-refractivity contribution in [1.82, 2.24) is 0 Å². The average Bonchev–Trinajstić information content (AvgIpc) is 2.11. The molecule has 0 saturated carbocycles. The first-order chi connectivity index (χ1) is 5.67. The van der Waals surface area contributed by atoms with Gasteiger partial charge in [0.2, 0.25) is 0 Å². The molecule has 3 nitrogen and oxygen atoms in total. The van der Waals surface area contributed by atoms with Crippen LogP contribution in [-0.4, -0.2) is 13.1 Å². The van der Waals surface area contributed by atoms with Gasteiger partial charge in [-0.25, -0.2) is 0 Å². The number of carbonyl (C=O) groups excluding carboxylic acids is 1. The molecule has 0 aromatic rings. The number of nitriles is 1. The smallest absolute Gasteiger partial charge is 0.309 e. The fourth-order valence-electron chi connectivity index (χ4n) is 1.05. The lowest BCUT2D eigenvalue weighted by Crippen LogP contribution is -2.22. The van der Waals surface area contributed by atoms with E-state index in [0.29, 0.717) is 0 Å². The van der Waals surface area contributed by atoms with Gasteiger partial charge in [-0.2, -0.15) is 5.26 Å². The van der Waals surface area contributed by atoms with E-state index in [2.05, 4.69) is 4.74 Å². The van der Waals surface area contributed by atoms with E-state index >= 15 is 0 Å². The molecular formula is C9H15NO2. The number of rotatable bonds is 4. The molecule has 0 aromatic carbocycles. The standard InChI is InChI=1S/C9H15NO2/c1-4-7(2)8(5-6-10)9(11)12-3/h7-8H,4-5H2,1-3H3. The van der Waals surface area contributed by atoms with Crippen LogP contribution in [0.2, 0.25) is 0 Å². The van der Waals surface area contributed by atoms with Crippen molar-refractivity contribution >= 4 is 5.97 Å². The quantitative estimate of drug-likeness (QED) is 0.602. The normalized spacial score (nSPS) is 14.5.